The first-order valence-electron chi connectivity index (χ1n) is 5.16. The van der Waals surface area contributed by atoms with E-state index in [2.05, 4.69) is 14.7 Å². The summed E-state index contributed by atoms with van der Waals surface area (Å²) in [5, 5.41) is 3.92. The maximum atomic E-state index is 5.51. The molecule has 1 aromatic heterocycles. The van der Waals surface area contributed by atoms with Crippen LogP contribution in [0.5, 0.6) is 0 Å². The Hall–Kier alpha value is -0.760. The van der Waals surface area contributed by atoms with Crippen LogP contribution >= 0.6 is 11.5 Å². The van der Waals surface area contributed by atoms with Gasteiger partial charge in [-0.1, -0.05) is 0 Å². The van der Waals surface area contributed by atoms with Crippen LogP contribution in [0.15, 0.2) is 0 Å². The van der Waals surface area contributed by atoms with Gasteiger partial charge in [-0.3, -0.25) is 0 Å². The third kappa shape index (κ3) is 3.11. The molecule has 0 spiro atoms. The molecule has 1 aliphatic rings. The van der Waals surface area contributed by atoms with Crippen LogP contribution in [0.3, 0.4) is 0 Å². The number of hydrogen-bond acceptors (Lipinski definition) is 7. The second kappa shape index (κ2) is 6.09. The molecule has 1 saturated heterocycles. The summed E-state index contributed by atoms with van der Waals surface area (Å²) >= 11 is 1.33. The third-order valence-corrected chi connectivity index (χ3v) is 2.81. The molecule has 0 aromatic carbocycles. The summed E-state index contributed by atoms with van der Waals surface area (Å²) < 4.78 is 20.0. The summed E-state index contributed by atoms with van der Waals surface area (Å²) in [6.45, 7) is 3.18. The number of methoxy groups -OCH3 is 1. The molecule has 0 amide bonds. The Labute approximate surface area is 98.1 Å². The predicted octanol–water partition coefficient (Wildman–Crippen LogP) is 0.684. The lowest BCUT2D eigenvalue weighted by atomic mass is 10.3. The minimum atomic E-state index is -0.122. The van der Waals surface area contributed by atoms with Crippen molar-refractivity contribution in [3.63, 3.8) is 0 Å². The van der Waals surface area contributed by atoms with Gasteiger partial charge in [0.2, 0.25) is 5.13 Å². The van der Waals surface area contributed by atoms with Crippen molar-refractivity contribution in [2.24, 2.45) is 0 Å². The van der Waals surface area contributed by atoms with E-state index in [1.54, 1.807) is 7.11 Å². The van der Waals surface area contributed by atoms with Crippen LogP contribution in [0.25, 0.3) is 0 Å². The molecule has 90 valence electrons. The molecule has 1 fully saturated rings. The molecule has 1 aromatic rings. The van der Waals surface area contributed by atoms with Crippen LogP contribution in [0.1, 0.15) is 11.9 Å². The lowest BCUT2D eigenvalue weighted by Gasteiger charge is -2.20. The summed E-state index contributed by atoms with van der Waals surface area (Å²) in [4.78, 5) is 4.34. The fraction of sp³-hybridized carbons (Fsp3) is 0.778. The van der Waals surface area contributed by atoms with Gasteiger partial charge in [-0.25, -0.2) is 4.98 Å². The number of rotatable bonds is 5. The topological polar surface area (TPSA) is 65.5 Å². The Balaban J connectivity index is 1.85. The minimum absolute atomic E-state index is 0.122. The first-order chi connectivity index (χ1) is 7.90. The van der Waals surface area contributed by atoms with Crippen LogP contribution < -0.4 is 5.32 Å². The van der Waals surface area contributed by atoms with Crippen LogP contribution in [0, 0.1) is 0 Å². The van der Waals surface area contributed by atoms with Gasteiger partial charge in [-0.05, 0) is 0 Å². The van der Waals surface area contributed by atoms with Gasteiger partial charge in [0.05, 0.1) is 26.4 Å². The Morgan fingerprint density at radius 3 is 3.25 bits per heavy atom. The van der Waals surface area contributed by atoms with Gasteiger partial charge in [0, 0.05) is 25.2 Å². The van der Waals surface area contributed by atoms with Crippen molar-refractivity contribution in [2.45, 2.75) is 6.10 Å². The normalized spacial score (nSPS) is 20.9. The maximum Gasteiger partial charge on any atom is 0.202 e. The van der Waals surface area contributed by atoms with E-state index in [1.807, 2.05) is 0 Å². The average molecular weight is 245 g/mol. The highest BCUT2D eigenvalue weighted by Crippen LogP contribution is 2.21. The smallest absolute Gasteiger partial charge is 0.202 e. The van der Waals surface area contributed by atoms with E-state index in [4.69, 9.17) is 14.2 Å². The highest BCUT2D eigenvalue weighted by atomic mass is 32.1. The van der Waals surface area contributed by atoms with Gasteiger partial charge in [-0.15, -0.1) is 0 Å². The summed E-state index contributed by atoms with van der Waals surface area (Å²) in [5.74, 6) is 0.699. The Kier molecular flexibility index (Phi) is 4.46. The highest BCUT2D eigenvalue weighted by molar-refractivity contribution is 7.09. The number of aromatic nitrogens is 2. The molecular formula is C9H15N3O3S. The average Bonchev–Trinajstić information content (AvgIpc) is 2.79. The fourth-order valence-corrected chi connectivity index (χ4v) is 1.97. The van der Waals surface area contributed by atoms with Crippen molar-refractivity contribution in [1.82, 2.24) is 9.36 Å². The molecule has 1 atom stereocenters. The second-order valence-corrected chi connectivity index (χ2v) is 4.06. The van der Waals surface area contributed by atoms with Gasteiger partial charge < -0.3 is 19.5 Å². The number of hydrogen-bond donors (Lipinski definition) is 1. The number of ether oxygens (including phenoxy) is 3. The van der Waals surface area contributed by atoms with E-state index in [0.717, 1.165) is 11.7 Å². The quantitative estimate of drug-likeness (QED) is 0.770. The Morgan fingerprint density at radius 1 is 1.56 bits per heavy atom. The third-order valence-electron chi connectivity index (χ3n) is 2.13. The van der Waals surface area contributed by atoms with Crippen molar-refractivity contribution in [3.8, 4) is 0 Å². The van der Waals surface area contributed by atoms with Gasteiger partial charge in [0.25, 0.3) is 0 Å². The van der Waals surface area contributed by atoms with Crippen molar-refractivity contribution < 1.29 is 14.2 Å². The molecule has 16 heavy (non-hydrogen) atoms. The van der Waals surface area contributed by atoms with E-state index in [9.17, 15) is 0 Å². The van der Waals surface area contributed by atoms with Gasteiger partial charge in [0.1, 0.15) is 6.10 Å². The lowest BCUT2D eigenvalue weighted by molar-refractivity contribution is -0.0930. The first kappa shape index (κ1) is 11.7. The molecule has 0 radical (unpaired) electrons. The van der Waals surface area contributed by atoms with E-state index in [0.29, 0.717) is 32.3 Å². The zero-order valence-corrected chi connectivity index (χ0v) is 9.96. The monoisotopic (exact) mass is 245 g/mol. The van der Waals surface area contributed by atoms with E-state index in [1.165, 1.54) is 11.5 Å². The van der Waals surface area contributed by atoms with Crippen LogP contribution in [0.2, 0.25) is 0 Å². The number of anilines is 1. The molecule has 0 aliphatic carbocycles. The van der Waals surface area contributed by atoms with E-state index < -0.39 is 0 Å². The largest absolute Gasteiger partial charge is 0.383 e. The molecule has 1 unspecified atom stereocenters. The maximum absolute atomic E-state index is 5.51. The predicted molar refractivity (Wildman–Crippen MR) is 59.8 cm³/mol. The lowest BCUT2D eigenvalue weighted by Crippen LogP contribution is -2.22. The summed E-state index contributed by atoms with van der Waals surface area (Å²) in [6, 6.07) is 0. The zero-order chi connectivity index (χ0) is 11.2. The molecule has 0 saturated carbocycles. The highest BCUT2D eigenvalue weighted by Gasteiger charge is 2.20. The number of nitrogens with zero attached hydrogens (tertiary/aromatic N) is 2. The summed E-state index contributed by atoms with van der Waals surface area (Å²) in [6.07, 6.45) is -0.122. The SMILES string of the molecule is COCCNc1nc(C2COCCO2)ns1. The molecular weight excluding hydrogens is 230 g/mol. The van der Waals surface area contributed by atoms with Crippen molar-refractivity contribution in [3.05, 3.63) is 5.82 Å². The van der Waals surface area contributed by atoms with Crippen molar-refractivity contribution >= 4 is 16.7 Å². The zero-order valence-electron chi connectivity index (χ0n) is 9.14. The summed E-state index contributed by atoms with van der Waals surface area (Å²) in [5.41, 5.74) is 0. The van der Waals surface area contributed by atoms with Gasteiger partial charge >= 0.3 is 0 Å². The van der Waals surface area contributed by atoms with Crippen LogP contribution in [-0.4, -0.2) is 49.4 Å². The first-order valence-corrected chi connectivity index (χ1v) is 5.93. The number of nitrogens with one attached hydrogen (secondary N) is 1. The van der Waals surface area contributed by atoms with Gasteiger partial charge in [-0.2, -0.15) is 4.37 Å². The molecule has 6 nitrogen and oxygen atoms in total. The molecule has 1 N–H and O–H groups in total. The van der Waals surface area contributed by atoms with Gasteiger partial charge in [0.15, 0.2) is 5.82 Å². The van der Waals surface area contributed by atoms with E-state index in [-0.39, 0.29) is 6.10 Å². The molecule has 2 rings (SSSR count). The van der Waals surface area contributed by atoms with E-state index >= 15 is 0 Å². The summed E-state index contributed by atoms with van der Waals surface area (Å²) in [7, 11) is 1.67. The van der Waals surface area contributed by atoms with Crippen molar-refractivity contribution in [1.29, 1.82) is 0 Å². The molecule has 7 heteroatoms. The fourth-order valence-electron chi connectivity index (χ4n) is 1.33. The minimum Gasteiger partial charge on any atom is -0.383 e. The Morgan fingerprint density at radius 2 is 2.50 bits per heavy atom. The van der Waals surface area contributed by atoms with Crippen LogP contribution in [-0.2, 0) is 14.2 Å². The van der Waals surface area contributed by atoms with Crippen LogP contribution in [0.4, 0.5) is 5.13 Å². The second-order valence-electron chi connectivity index (χ2n) is 3.31. The molecule has 2 heterocycles. The van der Waals surface area contributed by atoms with Crippen molar-refractivity contribution in [2.75, 3.05) is 45.4 Å². The molecule has 0 bridgehead atoms. The Bertz CT molecular complexity index is 315. The standard InChI is InChI=1S/C9H15N3O3S/c1-13-3-2-10-9-11-8(12-16-9)7-6-14-4-5-15-7/h7H,2-6H2,1H3,(H,10,11,12). The molecule has 1 aliphatic heterocycles.